The van der Waals surface area contributed by atoms with Gasteiger partial charge in [0.25, 0.3) is 15.9 Å². The lowest BCUT2D eigenvalue weighted by Crippen LogP contribution is -2.39. The van der Waals surface area contributed by atoms with Gasteiger partial charge in [0.2, 0.25) is 0 Å². The number of ether oxygens (including phenoxy) is 2. The number of carbonyl (C=O) groups excluding carboxylic acids is 1. The van der Waals surface area contributed by atoms with Crippen LogP contribution in [0.1, 0.15) is 24.5 Å². The average Bonchev–Trinajstić information content (AvgIpc) is 2.88. The molecule has 0 heterocycles. The molecule has 0 unspecified atom stereocenters. The number of anilines is 1. The molecule has 0 aliphatic heterocycles. The van der Waals surface area contributed by atoms with Gasteiger partial charge < -0.3 is 9.47 Å². The summed E-state index contributed by atoms with van der Waals surface area (Å²) in [6.07, 6.45) is 0.491. The van der Waals surface area contributed by atoms with E-state index in [0.29, 0.717) is 34.9 Å². The Balaban J connectivity index is 1.88. The van der Waals surface area contributed by atoms with E-state index in [2.05, 4.69) is 10.5 Å². The summed E-state index contributed by atoms with van der Waals surface area (Å²) >= 11 is 0. The second-order valence-electron chi connectivity index (χ2n) is 7.82. The molecule has 0 aromatic heterocycles. The molecular formula is C26H28FN3O5S. The Morgan fingerprint density at radius 1 is 0.972 bits per heavy atom. The number of carbonyl (C=O) groups is 1. The number of aryl methyl sites for hydroxylation is 1. The summed E-state index contributed by atoms with van der Waals surface area (Å²) in [5, 5.41) is 4.22. The van der Waals surface area contributed by atoms with Crippen LogP contribution < -0.4 is 19.2 Å². The third kappa shape index (κ3) is 6.19. The monoisotopic (exact) mass is 513 g/mol. The van der Waals surface area contributed by atoms with E-state index >= 15 is 0 Å². The molecule has 1 N–H and O–H groups in total. The molecule has 0 saturated carbocycles. The molecule has 1 amide bonds. The maximum absolute atomic E-state index is 13.4. The van der Waals surface area contributed by atoms with Gasteiger partial charge in [-0.15, -0.1) is 0 Å². The summed E-state index contributed by atoms with van der Waals surface area (Å²) in [7, 11) is -1.11. The second kappa shape index (κ2) is 11.7. The molecule has 0 atom stereocenters. The highest BCUT2D eigenvalue weighted by Gasteiger charge is 2.27. The number of methoxy groups -OCH3 is 2. The lowest BCUT2D eigenvalue weighted by atomic mass is 10.1. The molecule has 0 bridgehead atoms. The fourth-order valence-electron chi connectivity index (χ4n) is 3.42. The molecule has 3 aromatic carbocycles. The first-order valence-electron chi connectivity index (χ1n) is 11.1. The van der Waals surface area contributed by atoms with Crippen LogP contribution in [0.2, 0.25) is 0 Å². The van der Waals surface area contributed by atoms with Gasteiger partial charge in [-0.2, -0.15) is 5.10 Å². The Morgan fingerprint density at radius 2 is 1.61 bits per heavy atom. The van der Waals surface area contributed by atoms with E-state index in [9.17, 15) is 17.6 Å². The van der Waals surface area contributed by atoms with Crippen molar-refractivity contribution in [1.82, 2.24) is 5.43 Å². The molecule has 0 spiro atoms. The predicted molar refractivity (Wildman–Crippen MR) is 137 cm³/mol. The normalized spacial score (nSPS) is 11.6. The molecule has 10 heteroatoms. The van der Waals surface area contributed by atoms with E-state index in [1.54, 1.807) is 42.5 Å². The van der Waals surface area contributed by atoms with E-state index in [4.69, 9.17) is 9.47 Å². The van der Waals surface area contributed by atoms with Crippen LogP contribution in [0.3, 0.4) is 0 Å². The van der Waals surface area contributed by atoms with Gasteiger partial charge in [-0.25, -0.2) is 18.2 Å². The van der Waals surface area contributed by atoms with E-state index in [1.165, 1.54) is 14.2 Å². The Bertz CT molecular complexity index is 1340. The SMILES string of the molecule is CCC(=NNC(=O)CN(c1ccc(C)cc1)S(=O)(=O)c1ccc(F)cc1)c1ccc(OC)c(OC)c1. The Kier molecular flexibility index (Phi) is 8.65. The zero-order valence-electron chi connectivity index (χ0n) is 20.5. The number of hydrazone groups is 1. The zero-order valence-corrected chi connectivity index (χ0v) is 21.3. The topological polar surface area (TPSA) is 97.3 Å². The Hall–Kier alpha value is -3.92. The Morgan fingerprint density at radius 3 is 2.19 bits per heavy atom. The van der Waals surface area contributed by atoms with Gasteiger partial charge in [0.05, 0.1) is 30.5 Å². The number of hydrogen-bond donors (Lipinski definition) is 1. The van der Waals surface area contributed by atoms with Crippen LogP contribution in [0.25, 0.3) is 0 Å². The number of nitrogens with zero attached hydrogens (tertiary/aromatic N) is 2. The van der Waals surface area contributed by atoms with Crippen molar-refractivity contribution in [3.05, 3.63) is 83.7 Å². The van der Waals surface area contributed by atoms with E-state index < -0.39 is 28.3 Å². The third-order valence-electron chi connectivity index (χ3n) is 5.38. The van der Waals surface area contributed by atoms with Crippen molar-refractivity contribution < 1.29 is 27.1 Å². The number of benzene rings is 3. The highest BCUT2D eigenvalue weighted by atomic mass is 32.2. The number of sulfonamides is 1. The first-order valence-corrected chi connectivity index (χ1v) is 12.6. The maximum atomic E-state index is 13.4. The zero-order chi connectivity index (χ0) is 26.3. The largest absolute Gasteiger partial charge is 0.493 e. The minimum Gasteiger partial charge on any atom is -0.493 e. The summed E-state index contributed by atoms with van der Waals surface area (Å²) in [6, 6.07) is 16.4. The number of halogens is 1. The van der Waals surface area contributed by atoms with Crippen LogP contribution in [0.15, 0.2) is 76.7 Å². The minimum atomic E-state index is -4.16. The number of rotatable bonds is 10. The molecule has 0 aliphatic rings. The van der Waals surface area contributed by atoms with Crippen LogP contribution in [0.5, 0.6) is 11.5 Å². The van der Waals surface area contributed by atoms with Gasteiger partial charge in [0, 0.05) is 5.56 Å². The molecule has 0 aliphatic carbocycles. The summed E-state index contributed by atoms with van der Waals surface area (Å²) in [4.78, 5) is 12.7. The van der Waals surface area contributed by atoms with E-state index in [1.807, 2.05) is 13.8 Å². The van der Waals surface area contributed by atoms with Crippen molar-refractivity contribution >= 4 is 27.3 Å². The van der Waals surface area contributed by atoms with Crippen LogP contribution >= 0.6 is 0 Å². The van der Waals surface area contributed by atoms with Crippen molar-refractivity contribution in [2.75, 3.05) is 25.1 Å². The molecule has 8 nitrogen and oxygen atoms in total. The highest BCUT2D eigenvalue weighted by molar-refractivity contribution is 7.92. The minimum absolute atomic E-state index is 0.139. The standard InChI is InChI=1S/C26H28FN3O5S/c1-5-23(19-8-15-24(34-3)25(16-19)35-4)28-29-26(31)17-30(21-11-6-18(2)7-12-21)36(32,33)22-13-9-20(27)10-14-22/h6-16H,5,17H2,1-4H3,(H,29,31). The lowest BCUT2D eigenvalue weighted by molar-refractivity contribution is -0.119. The third-order valence-corrected chi connectivity index (χ3v) is 7.17. The molecule has 0 saturated heterocycles. The molecular weight excluding hydrogens is 485 g/mol. The summed E-state index contributed by atoms with van der Waals surface area (Å²) < 4.78 is 51.7. The molecule has 3 aromatic rings. The van der Waals surface area contributed by atoms with E-state index in [0.717, 1.165) is 34.1 Å². The first kappa shape index (κ1) is 26.7. The van der Waals surface area contributed by atoms with Gasteiger partial charge >= 0.3 is 0 Å². The molecule has 36 heavy (non-hydrogen) atoms. The smallest absolute Gasteiger partial charge is 0.264 e. The van der Waals surface area contributed by atoms with Crippen LogP contribution in [-0.2, 0) is 14.8 Å². The van der Waals surface area contributed by atoms with Gasteiger partial charge in [0.15, 0.2) is 11.5 Å². The second-order valence-corrected chi connectivity index (χ2v) is 9.68. The van der Waals surface area contributed by atoms with Gasteiger partial charge in [-0.05, 0) is 67.9 Å². The van der Waals surface area contributed by atoms with Crippen molar-refractivity contribution in [3.8, 4) is 11.5 Å². The van der Waals surface area contributed by atoms with Crippen LogP contribution in [0.4, 0.5) is 10.1 Å². The summed E-state index contributed by atoms with van der Waals surface area (Å²) in [6.45, 7) is 3.21. The summed E-state index contributed by atoms with van der Waals surface area (Å²) in [5.74, 6) is -0.142. The fourth-order valence-corrected chi connectivity index (χ4v) is 4.84. The van der Waals surface area contributed by atoms with Gasteiger partial charge in [-0.1, -0.05) is 24.6 Å². The summed E-state index contributed by atoms with van der Waals surface area (Å²) in [5.41, 5.74) is 4.95. The predicted octanol–water partition coefficient (Wildman–Crippen LogP) is 4.28. The lowest BCUT2D eigenvalue weighted by Gasteiger charge is -2.24. The maximum Gasteiger partial charge on any atom is 0.264 e. The average molecular weight is 514 g/mol. The fraction of sp³-hybridized carbons (Fsp3) is 0.231. The number of nitrogens with one attached hydrogen (secondary N) is 1. The van der Waals surface area contributed by atoms with Crippen molar-refractivity contribution in [3.63, 3.8) is 0 Å². The molecule has 190 valence electrons. The van der Waals surface area contributed by atoms with Crippen molar-refractivity contribution in [2.24, 2.45) is 5.10 Å². The van der Waals surface area contributed by atoms with Gasteiger partial charge in [0.1, 0.15) is 12.4 Å². The number of hydrogen-bond acceptors (Lipinski definition) is 6. The van der Waals surface area contributed by atoms with Gasteiger partial charge in [-0.3, -0.25) is 9.10 Å². The van der Waals surface area contributed by atoms with Crippen LogP contribution in [-0.4, -0.2) is 40.8 Å². The van der Waals surface area contributed by atoms with Crippen molar-refractivity contribution in [2.45, 2.75) is 25.2 Å². The van der Waals surface area contributed by atoms with Crippen molar-refractivity contribution in [1.29, 1.82) is 0 Å². The Labute approximate surface area is 210 Å². The molecule has 3 rings (SSSR count). The van der Waals surface area contributed by atoms with E-state index in [-0.39, 0.29) is 4.90 Å². The highest BCUT2D eigenvalue weighted by Crippen LogP contribution is 2.28. The van der Waals surface area contributed by atoms with Crippen LogP contribution in [0, 0.1) is 12.7 Å². The molecule has 0 radical (unpaired) electrons. The quantitative estimate of drug-likeness (QED) is 0.322. The number of amides is 1. The first-order chi connectivity index (χ1) is 17.2. The molecule has 0 fully saturated rings.